The van der Waals surface area contributed by atoms with Crippen LogP contribution < -0.4 is 0 Å². The van der Waals surface area contributed by atoms with Crippen LogP contribution in [0, 0.1) is 6.92 Å². The molecule has 2 fully saturated rings. The topological polar surface area (TPSA) is 84.2 Å². The Morgan fingerprint density at radius 1 is 1.21 bits per heavy atom. The van der Waals surface area contributed by atoms with Gasteiger partial charge in [-0.3, -0.25) is 9.59 Å². The Morgan fingerprint density at radius 3 is 2.79 bits per heavy atom. The summed E-state index contributed by atoms with van der Waals surface area (Å²) in [7, 11) is 0. The Bertz CT molecular complexity index is 587. The average Bonchev–Trinajstić information content (AvgIpc) is 3.19. The van der Waals surface area contributed by atoms with Gasteiger partial charge in [-0.25, -0.2) is 4.68 Å². The van der Waals surface area contributed by atoms with Crippen molar-refractivity contribution in [3.8, 4) is 0 Å². The molecule has 0 aliphatic carbocycles. The minimum absolute atomic E-state index is 0.169. The molecule has 0 aromatic carbocycles. The third kappa shape index (κ3) is 3.91. The van der Waals surface area contributed by atoms with Gasteiger partial charge in [-0.1, -0.05) is 0 Å². The Labute approximate surface area is 142 Å². The predicted octanol–water partition coefficient (Wildman–Crippen LogP) is 0.765. The van der Waals surface area contributed by atoms with E-state index in [0.717, 1.165) is 57.6 Å². The lowest BCUT2D eigenvalue weighted by molar-refractivity contribution is -0.135. The molecule has 0 radical (unpaired) electrons. The monoisotopic (exact) mass is 334 g/mol. The Morgan fingerprint density at radius 2 is 2.08 bits per heavy atom. The van der Waals surface area contributed by atoms with Crippen molar-refractivity contribution in [1.82, 2.24) is 30.0 Å². The fourth-order valence-corrected chi connectivity index (χ4v) is 3.68. The zero-order chi connectivity index (χ0) is 16.9. The van der Waals surface area contributed by atoms with Crippen molar-refractivity contribution in [3.63, 3.8) is 0 Å². The molecule has 1 aromatic heterocycles. The fraction of sp³-hybridized carbons (Fsp3) is 0.812. The maximum Gasteiger partial charge on any atom is 0.224 e. The van der Waals surface area contributed by atoms with Gasteiger partial charge >= 0.3 is 0 Å². The molecule has 2 aliphatic rings. The lowest BCUT2D eigenvalue weighted by Gasteiger charge is -2.36. The van der Waals surface area contributed by atoms with Gasteiger partial charge in [-0.2, -0.15) is 0 Å². The molecule has 3 rings (SSSR count). The molecule has 3 heterocycles. The number of amides is 2. The number of rotatable bonds is 6. The second-order valence-electron chi connectivity index (χ2n) is 6.71. The lowest BCUT2D eigenvalue weighted by atomic mass is 9.98. The van der Waals surface area contributed by atoms with E-state index >= 15 is 0 Å². The number of nitrogens with zero attached hydrogens (tertiary/aromatic N) is 6. The summed E-state index contributed by atoms with van der Waals surface area (Å²) in [6, 6.07) is 0.259. The molecule has 2 saturated heterocycles. The molecule has 0 bridgehead atoms. The van der Waals surface area contributed by atoms with Crippen molar-refractivity contribution < 1.29 is 9.59 Å². The quantitative estimate of drug-likeness (QED) is 0.767. The second kappa shape index (κ2) is 7.72. The minimum atomic E-state index is 0.169. The molecule has 0 unspecified atom stereocenters. The highest BCUT2D eigenvalue weighted by Gasteiger charge is 2.28. The zero-order valence-electron chi connectivity index (χ0n) is 14.4. The molecule has 0 spiro atoms. The summed E-state index contributed by atoms with van der Waals surface area (Å²) in [6.07, 6.45) is 6.23. The summed E-state index contributed by atoms with van der Waals surface area (Å²) >= 11 is 0. The summed E-state index contributed by atoms with van der Waals surface area (Å²) in [5, 5.41) is 11.3. The van der Waals surface area contributed by atoms with Crippen molar-refractivity contribution in [3.05, 3.63) is 5.82 Å². The van der Waals surface area contributed by atoms with E-state index in [4.69, 9.17) is 0 Å². The third-order valence-corrected chi connectivity index (χ3v) is 5.10. The van der Waals surface area contributed by atoms with Crippen LogP contribution in [0.3, 0.4) is 0 Å². The van der Waals surface area contributed by atoms with Crippen LogP contribution in [0.15, 0.2) is 0 Å². The first-order valence-electron chi connectivity index (χ1n) is 8.95. The Hall–Kier alpha value is -1.99. The minimum Gasteiger partial charge on any atom is -0.343 e. The van der Waals surface area contributed by atoms with Crippen LogP contribution in [0.5, 0.6) is 0 Å². The molecule has 1 aromatic rings. The van der Waals surface area contributed by atoms with E-state index in [0.29, 0.717) is 19.4 Å². The van der Waals surface area contributed by atoms with Gasteiger partial charge in [0.1, 0.15) is 5.82 Å². The van der Waals surface area contributed by atoms with Crippen LogP contribution in [0.25, 0.3) is 0 Å². The molecule has 8 heteroatoms. The number of tetrazole rings is 1. The number of piperidine rings is 1. The number of aromatic nitrogens is 4. The summed E-state index contributed by atoms with van der Waals surface area (Å²) in [5.41, 5.74) is 0. The van der Waals surface area contributed by atoms with Gasteiger partial charge in [0.2, 0.25) is 11.8 Å². The van der Waals surface area contributed by atoms with E-state index in [-0.39, 0.29) is 17.9 Å². The first kappa shape index (κ1) is 16.9. The normalized spacial score (nSPS) is 21.5. The number of carbonyl (C=O) groups excluding carboxylic acids is 2. The van der Waals surface area contributed by atoms with Gasteiger partial charge in [0.25, 0.3) is 0 Å². The van der Waals surface area contributed by atoms with Crippen LogP contribution in [-0.2, 0) is 16.1 Å². The standard InChI is InChI=1S/C16H26N6O2/c1-13-17-18-19-22(13)12-8-16(24)21-10-3-2-5-14(21)7-11-20-9-4-6-15(20)23/h14H,2-12H2,1H3/t14-/m1/s1. The number of aryl methyl sites for hydroxylation is 2. The van der Waals surface area contributed by atoms with E-state index in [1.54, 1.807) is 4.68 Å². The molecule has 2 aliphatic heterocycles. The largest absolute Gasteiger partial charge is 0.343 e. The average molecular weight is 334 g/mol. The van der Waals surface area contributed by atoms with Crippen LogP contribution in [0.2, 0.25) is 0 Å². The molecule has 1 atom stereocenters. The molecule has 0 N–H and O–H groups in total. The van der Waals surface area contributed by atoms with Gasteiger partial charge in [-0.15, -0.1) is 5.10 Å². The molecule has 0 saturated carbocycles. The lowest BCUT2D eigenvalue weighted by Crippen LogP contribution is -2.45. The van der Waals surface area contributed by atoms with Gasteiger partial charge in [0, 0.05) is 38.5 Å². The van der Waals surface area contributed by atoms with E-state index in [2.05, 4.69) is 15.5 Å². The highest BCUT2D eigenvalue weighted by molar-refractivity contribution is 5.78. The van der Waals surface area contributed by atoms with Crippen molar-refractivity contribution in [2.45, 2.75) is 64.5 Å². The molecular formula is C16H26N6O2. The first-order valence-corrected chi connectivity index (χ1v) is 8.95. The Balaban J connectivity index is 1.52. The van der Waals surface area contributed by atoms with Gasteiger partial charge in [0.15, 0.2) is 0 Å². The fourth-order valence-electron chi connectivity index (χ4n) is 3.68. The number of hydrogen-bond donors (Lipinski definition) is 0. The summed E-state index contributed by atoms with van der Waals surface area (Å²) < 4.78 is 1.67. The van der Waals surface area contributed by atoms with Crippen molar-refractivity contribution >= 4 is 11.8 Å². The van der Waals surface area contributed by atoms with Gasteiger partial charge in [-0.05, 0) is 49.5 Å². The van der Waals surface area contributed by atoms with Crippen LogP contribution in [0.1, 0.15) is 50.8 Å². The molecule has 2 amide bonds. The SMILES string of the molecule is Cc1nnnn1CCC(=O)N1CCCC[C@@H]1CCN1CCCC1=O. The number of likely N-dealkylation sites (tertiary alicyclic amines) is 2. The van der Waals surface area contributed by atoms with Crippen LogP contribution in [0.4, 0.5) is 0 Å². The molecule has 24 heavy (non-hydrogen) atoms. The summed E-state index contributed by atoms with van der Waals surface area (Å²) in [4.78, 5) is 28.4. The van der Waals surface area contributed by atoms with Crippen molar-refractivity contribution in [2.75, 3.05) is 19.6 Å². The van der Waals surface area contributed by atoms with Crippen LogP contribution >= 0.6 is 0 Å². The Kier molecular flexibility index (Phi) is 5.42. The summed E-state index contributed by atoms with van der Waals surface area (Å²) in [6.45, 7) is 4.83. The maximum atomic E-state index is 12.6. The number of carbonyl (C=O) groups is 2. The molecular weight excluding hydrogens is 308 g/mol. The number of hydrogen-bond acceptors (Lipinski definition) is 5. The summed E-state index contributed by atoms with van der Waals surface area (Å²) in [5.74, 6) is 1.16. The predicted molar refractivity (Wildman–Crippen MR) is 87.0 cm³/mol. The van der Waals surface area contributed by atoms with Crippen molar-refractivity contribution in [1.29, 1.82) is 0 Å². The van der Waals surface area contributed by atoms with E-state index in [1.807, 2.05) is 16.7 Å². The first-order chi connectivity index (χ1) is 11.6. The highest BCUT2D eigenvalue weighted by atomic mass is 16.2. The zero-order valence-corrected chi connectivity index (χ0v) is 14.4. The maximum absolute atomic E-state index is 12.6. The van der Waals surface area contributed by atoms with E-state index in [9.17, 15) is 9.59 Å². The van der Waals surface area contributed by atoms with Gasteiger partial charge in [0.05, 0.1) is 6.54 Å². The smallest absolute Gasteiger partial charge is 0.224 e. The van der Waals surface area contributed by atoms with Crippen LogP contribution in [-0.4, -0.2) is 67.5 Å². The van der Waals surface area contributed by atoms with E-state index < -0.39 is 0 Å². The highest BCUT2D eigenvalue weighted by Crippen LogP contribution is 2.22. The van der Waals surface area contributed by atoms with E-state index in [1.165, 1.54) is 0 Å². The molecule has 132 valence electrons. The second-order valence-corrected chi connectivity index (χ2v) is 6.71. The third-order valence-electron chi connectivity index (χ3n) is 5.10. The van der Waals surface area contributed by atoms with Gasteiger partial charge < -0.3 is 9.80 Å². The molecule has 8 nitrogen and oxygen atoms in total. The van der Waals surface area contributed by atoms with Crippen molar-refractivity contribution in [2.24, 2.45) is 0 Å².